The monoisotopic (exact) mass is 453 g/mol. The number of likely N-dealkylation sites (tertiary alicyclic amines) is 1. The minimum Gasteiger partial charge on any atom is -0.380 e. The highest BCUT2D eigenvalue weighted by Crippen LogP contribution is 2.19. The van der Waals surface area contributed by atoms with Gasteiger partial charge in [-0.1, -0.05) is 18.3 Å². The van der Waals surface area contributed by atoms with E-state index in [4.69, 9.17) is 4.74 Å². The van der Waals surface area contributed by atoms with Crippen molar-refractivity contribution in [1.29, 1.82) is 0 Å². The molecule has 0 N–H and O–H groups in total. The largest absolute Gasteiger partial charge is 0.380 e. The van der Waals surface area contributed by atoms with E-state index in [2.05, 4.69) is 11.9 Å². The Balaban J connectivity index is 1.65. The van der Waals surface area contributed by atoms with Gasteiger partial charge in [-0.3, -0.25) is 9.59 Å². The van der Waals surface area contributed by atoms with Gasteiger partial charge in [-0.05, 0) is 43.9 Å². The molecule has 2 amide bonds. The normalized spacial score (nSPS) is 17.6. The van der Waals surface area contributed by atoms with Gasteiger partial charge in [0.1, 0.15) is 5.82 Å². The van der Waals surface area contributed by atoms with Gasteiger partial charge in [0.15, 0.2) is 4.80 Å². The van der Waals surface area contributed by atoms with Crippen molar-refractivity contribution in [3.8, 4) is 0 Å². The Hall–Kier alpha value is -1.71. The number of hydrogen-bond acceptors (Lipinski definition) is 5. The Morgan fingerprint density at radius 3 is 2.97 bits per heavy atom. The number of carbonyl (C=O) groups excluding carboxylic acids is 2. The van der Waals surface area contributed by atoms with Crippen LogP contribution in [0.1, 0.15) is 26.7 Å². The number of thiazole rings is 1. The summed E-state index contributed by atoms with van der Waals surface area (Å²) in [4.78, 5) is 31.4. The van der Waals surface area contributed by atoms with Crippen LogP contribution in [0, 0.1) is 11.7 Å². The van der Waals surface area contributed by atoms with Crippen molar-refractivity contribution in [2.75, 3.05) is 37.8 Å². The quantitative estimate of drug-likeness (QED) is 0.576. The Bertz CT molecular complexity index is 957. The molecule has 0 aliphatic carbocycles. The summed E-state index contributed by atoms with van der Waals surface area (Å²) in [5.74, 6) is 0.438. The topological polar surface area (TPSA) is 63.9 Å². The van der Waals surface area contributed by atoms with Crippen molar-refractivity contribution in [3.63, 3.8) is 0 Å². The Morgan fingerprint density at radius 2 is 2.20 bits per heavy atom. The molecule has 1 aliphatic heterocycles. The van der Waals surface area contributed by atoms with Crippen LogP contribution >= 0.6 is 23.1 Å². The maximum absolute atomic E-state index is 13.6. The number of rotatable bonds is 8. The zero-order chi connectivity index (χ0) is 21.5. The van der Waals surface area contributed by atoms with Crippen molar-refractivity contribution in [1.82, 2.24) is 9.47 Å². The van der Waals surface area contributed by atoms with Gasteiger partial charge in [0.25, 0.3) is 5.91 Å². The van der Waals surface area contributed by atoms with Crippen molar-refractivity contribution >= 4 is 45.1 Å². The van der Waals surface area contributed by atoms with E-state index in [1.807, 2.05) is 16.4 Å². The molecule has 1 aliphatic rings. The van der Waals surface area contributed by atoms with Gasteiger partial charge in [0.2, 0.25) is 5.91 Å². The van der Waals surface area contributed by atoms with Crippen molar-refractivity contribution in [2.45, 2.75) is 33.2 Å². The van der Waals surface area contributed by atoms with Gasteiger partial charge in [-0.15, -0.1) is 11.8 Å². The highest BCUT2D eigenvalue weighted by molar-refractivity contribution is 8.00. The molecule has 2 heterocycles. The van der Waals surface area contributed by atoms with Crippen LogP contribution in [-0.2, 0) is 20.9 Å². The van der Waals surface area contributed by atoms with Gasteiger partial charge >= 0.3 is 0 Å². The van der Waals surface area contributed by atoms with Crippen molar-refractivity contribution < 1.29 is 18.7 Å². The fourth-order valence-corrected chi connectivity index (χ4v) is 5.32. The van der Waals surface area contributed by atoms with Crippen molar-refractivity contribution in [3.05, 3.63) is 28.8 Å². The molecule has 9 heteroatoms. The second-order valence-corrected chi connectivity index (χ2v) is 9.43. The number of amides is 2. The second kappa shape index (κ2) is 11.1. The molecule has 6 nitrogen and oxygen atoms in total. The zero-order valence-corrected chi connectivity index (χ0v) is 19.1. The van der Waals surface area contributed by atoms with Gasteiger partial charge in [0, 0.05) is 26.2 Å². The molecule has 1 aromatic heterocycles. The van der Waals surface area contributed by atoms with Crippen LogP contribution in [0.5, 0.6) is 0 Å². The number of ether oxygens (including phenoxy) is 1. The smallest absolute Gasteiger partial charge is 0.258 e. The van der Waals surface area contributed by atoms with Gasteiger partial charge in [-0.25, -0.2) is 4.39 Å². The van der Waals surface area contributed by atoms with Gasteiger partial charge < -0.3 is 14.2 Å². The number of carbonyl (C=O) groups is 2. The number of halogens is 1. The van der Waals surface area contributed by atoms with Gasteiger partial charge in [-0.2, -0.15) is 4.99 Å². The van der Waals surface area contributed by atoms with Gasteiger partial charge in [0.05, 0.1) is 28.3 Å². The predicted molar refractivity (Wildman–Crippen MR) is 119 cm³/mol. The maximum Gasteiger partial charge on any atom is 0.258 e. The molecule has 1 unspecified atom stereocenters. The van der Waals surface area contributed by atoms with E-state index in [9.17, 15) is 14.0 Å². The van der Waals surface area contributed by atoms with Crippen molar-refractivity contribution in [2.24, 2.45) is 10.9 Å². The standard InChI is InChI=1S/C21H28FN3O3S2/c1-3-28-10-9-25-17-7-6-16(22)11-18(17)30-21(25)23-19(26)13-29-14-20(27)24-8-4-5-15(2)12-24/h6-7,11,15H,3-5,8-10,12-14H2,1-2H3. The van der Waals surface area contributed by atoms with Crippen LogP contribution in [0.2, 0.25) is 0 Å². The highest BCUT2D eigenvalue weighted by atomic mass is 32.2. The van der Waals surface area contributed by atoms with Crippen LogP contribution < -0.4 is 4.80 Å². The van der Waals surface area contributed by atoms with E-state index < -0.39 is 0 Å². The summed E-state index contributed by atoms with van der Waals surface area (Å²) in [5, 5.41) is 0. The molecule has 164 valence electrons. The van der Waals surface area contributed by atoms with E-state index in [0.717, 1.165) is 36.1 Å². The van der Waals surface area contributed by atoms with E-state index in [-0.39, 0.29) is 29.1 Å². The third-order valence-corrected chi connectivity index (χ3v) is 6.93. The van der Waals surface area contributed by atoms with E-state index in [1.54, 1.807) is 6.07 Å². The number of piperidine rings is 1. The third kappa shape index (κ3) is 6.15. The molecular formula is C21H28FN3O3S2. The molecule has 2 aromatic rings. The zero-order valence-electron chi connectivity index (χ0n) is 17.4. The number of aromatic nitrogens is 1. The van der Waals surface area contributed by atoms with Crippen LogP contribution in [0.4, 0.5) is 4.39 Å². The number of benzene rings is 1. The number of fused-ring (bicyclic) bond motifs is 1. The molecule has 0 saturated carbocycles. The molecule has 0 spiro atoms. The summed E-state index contributed by atoms with van der Waals surface area (Å²) in [6, 6.07) is 4.55. The first-order valence-corrected chi connectivity index (χ1v) is 12.2. The van der Waals surface area contributed by atoms with Crippen LogP contribution in [-0.4, -0.2) is 59.1 Å². The highest BCUT2D eigenvalue weighted by Gasteiger charge is 2.20. The van der Waals surface area contributed by atoms with Crippen LogP contribution in [0.15, 0.2) is 23.2 Å². The minimum atomic E-state index is -0.320. The summed E-state index contributed by atoms with van der Waals surface area (Å²) >= 11 is 2.58. The first-order valence-electron chi connectivity index (χ1n) is 10.3. The molecule has 1 saturated heterocycles. The summed E-state index contributed by atoms with van der Waals surface area (Å²) in [7, 11) is 0. The fourth-order valence-electron chi connectivity index (χ4n) is 3.52. The summed E-state index contributed by atoms with van der Waals surface area (Å²) in [5.41, 5.74) is 0.828. The number of hydrogen-bond donors (Lipinski definition) is 0. The molecule has 0 bridgehead atoms. The lowest BCUT2D eigenvalue weighted by molar-refractivity contribution is -0.130. The lowest BCUT2D eigenvalue weighted by Gasteiger charge is -2.30. The first kappa shape index (κ1) is 23.0. The van der Waals surface area contributed by atoms with E-state index in [1.165, 1.54) is 35.2 Å². The molecular weight excluding hydrogens is 425 g/mol. The van der Waals surface area contributed by atoms with Crippen LogP contribution in [0.3, 0.4) is 0 Å². The molecule has 3 rings (SSSR count). The maximum atomic E-state index is 13.6. The lowest BCUT2D eigenvalue weighted by atomic mass is 10.0. The Kier molecular flexibility index (Phi) is 8.47. The Labute approximate surface area is 184 Å². The fraction of sp³-hybridized carbons (Fsp3) is 0.571. The SMILES string of the molecule is CCOCCn1c(=NC(=O)CSCC(=O)N2CCCC(C)C2)sc2cc(F)ccc21. The molecule has 1 aromatic carbocycles. The average molecular weight is 454 g/mol. The summed E-state index contributed by atoms with van der Waals surface area (Å²) in [6.07, 6.45) is 2.21. The second-order valence-electron chi connectivity index (χ2n) is 7.43. The molecule has 1 atom stereocenters. The van der Waals surface area contributed by atoms with E-state index >= 15 is 0 Å². The summed E-state index contributed by atoms with van der Waals surface area (Å²) in [6.45, 7) is 7.30. The Morgan fingerprint density at radius 1 is 1.37 bits per heavy atom. The average Bonchev–Trinajstić information content (AvgIpc) is 3.04. The number of thioether (sulfide) groups is 1. The molecule has 30 heavy (non-hydrogen) atoms. The summed E-state index contributed by atoms with van der Waals surface area (Å²) < 4.78 is 21.7. The van der Waals surface area contributed by atoms with Crippen LogP contribution in [0.25, 0.3) is 10.2 Å². The third-order valence-electron chi connectivity index (χ3n) is 4.99. The number of nitrogens with zero attached hydrogens (tertiary/aromatic N) is 3. The molecule has 0 radical (unpaired) electrons. The first-order chi connectivity index (χ1) is 14.5. The minimum absolute atomic E-state index is 0.0865. The van der Waals surface area contributed by atoms with E-state index in [0.29, 0.717) is 30.5 Å². The molecule has 1 fully saturated rings. The predicted octanol–water partition coefficient (Wildman–Crippen LogP) is 3.30. The lowest BCUT2D eigenvalue weighted by Crippen LogP contribution is -2.40.